The molecule has 0 saturated carbocycles. The van der Waals surface area contributed by atoms with Crippen molar-refractivity contribution in [2.45, 2.75) is 52.5 Å². The molecule has 2 aromatic rings. The SMILES string of the molecule is Cc1cccc(N2C(=O)NC(=O)/C(=C\c3cc4c(cc3Cl)N(C)C(C)(C)C[C@@H]4C)C2=O)c1C. The molecule has 2 aliphatic rings. The third-order valence-corrected chi connectivity index (χ3v) is 7.30. The fourth-order valence-electron chi connectivity index (χ4n) is 4.72. The summed E-state index contributed by atoms with van der Waals surface area (Å²) < 4.78 is 0. The molecule has 7 heteroatoms. The maximum Gasteiger partial charge on any atom is 0.335 e. The molecule has 0 bridgehead atoms. The first-order valence-electron chi connectivity index (χ1n) is 11.0. The van der Waals surface area contributed by atoms with Crippen LogP contribution in [0.25, 0.3) is 6.08 Å². The summed E-state index contributed by atoms with van der Waals surface area (Å²) in [4.78, 5) is 41.8. The highest BCUT2D eigenvalue weighted by atomic mass is 35.5. The number of hydrogen-bond donors (Lipinski definition) is 1. The fraction of sp³-hybridized carbons (Fsp3) is 0.346. The molecule has 6 nitrogen and oxygen atoms in total. The predicted molar refractivity (Wildman–Crippen MR) is 132 cm³/mol. The van der Waals surface area contributed by atoms with Gasteiger partial charge in [0.15, 0.2) is 0 Å². The molecule has 1 N–H and O–H groups in total. The van der Waals surface area contributed by atoms with E-state index in [2.05, 4.69) is 31.0 Å². The van der Waals surface area contributed by atoms with E-state index in [4.69, 9.17) is 11.6 Å². The molecule has 0 radical (unpaired) electrons. The van der Waals surface area contributed by atoms with Crippen molar-refractivity contribution < 1.29 is 14.4 Å². The van der Waals surface area contributed by atoms with Crippen LogP contribution < -0.4 is 15.1 Å². The summed E-state index contributed by atoms with van der Waals surface area (Å²) in [6, 6.07) is 8.44. The van der Waals surface area contributed by atoms with Crippen molar-refractivity contribution in [3.63, 3.8) is 0 Å². The topological polar surface area (TPSA) is 69.7 Å². The molecule has 1 fully saturated rings. The van der Waals surface area contributed by atoms with Crippen LogP contribution in [-0.4, -0.2) is 30.4 Å². The van der Waals surface area contributed by atoms with Gasteiger partial charge in [-0.3, -0.25) is 14.9 Å². The second kappa shape index (κ2) is 8.03. The maximum atomic E-state index is 13.3. The Bertz CT molecular complexity index is 1230. The zero-order valence-corrected chi connectivity index (χ0v) is 20.5. The Morgan fingerprint density at radius 3 is 2.52 bits per heavy atom. The van der Waals surface area contributed by atoms with E-state index in [0.29, 0.717) is 16.3 Å². The van der Waals surface area contributed by atoms with Gasteiger partial charge < -0.3 is 4.90 Å². The van der Waals surface area contributed by atoms with E-state index in [1.54, 1.807) is 12.1 Å². The van der Waals surface area contributed by atoms with E-state index in [9.17, 15) is 14.4 Å². The lowest BCUT2D eigenvalue weighted by Crippen LogP contribution is -2.54. The monoisotopic (exact) mass is 465 g/mol. The van der Waals surface area contributed by atoms with Gasteiger partial charge in [-0.1, -0.05) is 30.7 Å². The number of carbonyl (C=O) groups is 3. The van der Waals surface area contributed by atoms with Crippen LogP contribution in [0, 0.1) is 13.8 Å². The van der Waals surface area contributed by atoms with Gasteiger partial charge in [0.1, 0.15) is 5.57 Å². The summed E-state index contributed by atoms with van der Waals surface area (Å²) in [5.41, 5.74) is 4.76. The molecule has 4 rings (SSSR count). The quantitative estimate of drug-likeness (QED) is 0.479. The number of nitrogens with one attached hydrogen (secondary N) is 1. The number of urea groups is 1. The third-order valence-electron chi connectivity index (χ3n) is 6.97. The van der Waals surface area contributed by atoms with Gasteiger partial charge in [0, 0.05) is 23.3 Å². The average Bonchev–Trinajstić information content (AvgIpc) is 2.72. The highest BCUT2D eigenvalue weighted by molar-refractivity contribution is 6.40. The van der Waals surface area contributed by atoms with Crippen molar-refractivity contribution >= 4 is 46.9 Å². The van der Waals surface area contributed by atoms with E-state index < -0.39 is 17.8 Å². The maximum absolute atomic E-state index is 13.3. The number of nitrogens with zero attached hydrogens (tertiary/aromatic N) is 2. The van der Waals surface area contributed by atoms with E-state index in [0.717, 1.165) is 33.7 Å². The summed E-state index contributed by atoms with van der Waals surface area (Å²) in [6.45, 7) is 10.3. The number of halogens is 1. The van der Waals surface area contributed by atoms with Crippen LogP contribution in [0.5, 0.6) is 0 Å². The highest BCUT2D eigenvalue weighted by Crippen LogP contribution is 2.44. The predicted octanol–water partition coefficient (Wildman–Crippen LogP) is 5.35. The number of benzene rings is 2. The summed E-state index contributed by atoms with van der Waals surface area (Å²) >= 11 is 6.62. The van der Waals surface area contributed by atoms with E-state index in [1.165, 1.54) is 6.08 Å². The van der Waals surface area contributed by atoms with Crippen LogP contribution in [-0.2, 0) is 9.59 Å². The Labute approximate surface area is 199 Å². The van der Waals surface area contributed by atoms with Crippen LogP contribution >= 0.6 is 11.6 Å². The number of barbiturate groups is 1. The summed E-state index contributed by atoms with van der Waals surface area (Å²) in [5, 5.41) is 2.73. The summed E-state index contributed by atoms with van der Waals surface area (Å²) in [7, 11) is 2.05. The number of aryl methyl sites for hydroxylation is 1. The molecule has 0 aliphatic carbocycles. The molecular formula is C26H28ClN3O3. The van der Waals surface area contributed by atoms with Crippen molar-refractivity contribution in [1.29, 1.82) is 0 Å². The van der Waals surface area contributed by atoms with E-state index >= 15 is 0 Å². The minimum atomic E-state index is -0.759. The second-order valence-corrected chi connectivity index (χ2v) is 9.99. The van der Waals surface area contributed by atoms with Gasteiger partial charge in [0.05, 0.1) is 5.69 Å². The zero-order valence-electron chi connectivity index (χ0n) is 19.7. The van der Waals surface area contributed by atoms with E-state index in [1.807, 2.05) is 39.1 Å². The van der Waals surface area contributed by atoms with Gasteiger partial charge in [0.25, 0.3) is 11.8 Å². The second-order valence-electron chi connectivity index (χ2n) is 9.59. The van der Waals surface area contributed by atoms with E-state index in [-0.39, 0.29) is 17.0 Å². The molecule has 2 aliphatic heterocycles. The van der Waals surface area contributed by atoms with Crippen LogP contribution in [0.3, 0.4) is 0 Å². The average molecular weight is 466 g/mol. The van der Waals surface area contributed by atoms with Crippen LogP contribution in [0.4, 0.5) is 16.2 Å². The van der Waals surface area contributed by atoms with Gasteiger partial charge in [-0.2, -0.15) is 0 Å². The normalized spacial score (nSPS) is 21.4. The Morgan fingerprint density at radius 1 is 1.12 bits per heavy atom. The first-order chi connectivity index (χ1) is 15.4. The largest absolute Gasteiger partial charge is 0.369 e. The standard InChI is InChI=1S/C26H28ClN3O3/c1-14-8-7-9-21(16(14)3)30-24(32)19(23(31)28-25(30)33)11-17-10-18-15(2)13-26(4,5)29(6)22(18)12-20(17)27/h7-12,15H,13H2,1-6H3,(H,28,31,33)/b19-11+/t15-/m0/s1. The molecular weight excluding hydrogens is 438 g/mol. The lowest BCUT2D eigenvalue weighted by Gasteiger charge is -2.45. The lowest BCUT2D eigenvalue weighted by molar-refractivity contribution is -0.122. The Morgan fingerprint density at radius 2 is 1.82 bits per heavy atom. The number of fused-ring (bicyclic) bond motifs is 1. The third kappa shape index (κ3) is 3.82. The fourth-order valence-corrected chi connectivity index (χ4v) is 4.94. The highest BCUT2D eigenvalue weighted by Gasteiger charge is 2.38. The lowest BCUT2D eigenvalue weighted by atomic mass is 9.80. The number of hydrogen-bond acceptors (Lipinski definition) is 4. The van der Waals surface area contributed by atoms with Crippen LogP contribution in [0.2, 0.25) is 5.02 Å². The number of rotatable bonds is 2. The first kappa shape index (κ1) is 23.1. The van der Waals surface area contributed by atoms with Gasteiger partial charge >= 0.3 is 6.03 Å². The Kier molecular flexibility index (Phi) is 5.61. The van der Waals surface area contributed by atoms with Crippen LogP contribution in [0.15, 0.2) is 35.9 Å². The summed E-state index contributed by atoms with van der Waals surface area (Å²) in [5.74, 6) is -1.12. The number of carbonyl (C=O) groups excluding carboxylic acids is 3. The van der Waals surface area contributed by atoms with Crippen LogP contribution in [0.1, 0.15) is 55.4 Å². The molecule has 172 valence electrons. The molecule has 33 heavy (non-hydrogen) atoms. The molecule has 2 heterocycles. The molecule has 1 atom stereocenters. The molecule has 2 aromatic carbocycles. The first-order valence-corrected chi connectivity index (χ1v) is 11.3. The minimum absolute atomic E-state index is 0.0124. The molecule has 0 unspecified atom stereocenters. The number of imide groups is 2. The Hall–Kier alpha value is -3.12. The summed E-state index contributed by atoms with van der Waals surface area (Å²) in [6.07, 6.45) is 2.44. The van der Waals surface area contributed by atoms with Crippen molar-refractivity contribution in [2.75, 3.05) is 16.8 Å². The van der Waals surface area contributed by atoms with Crippen molar-refractivity contribution in [2.24, 2.45) is 0 Å². The van der Waals surface area contributed by atoms with Gasteiger partial charge in [-0.05, 0) is 86.6 Å². The number of anilines is 2. The minimum Gasteiger partial charge on any atom is -0.369 e. The van der Waals surface area contributed by atoms with Gasteiger partial charge in [0.2, 0.25) is 0 Å². The Balaban J connectivity index is 1.79. The van der Waals surface area contributed by atoms with Gasteiger partial charge in [-0.15, -0.1) is 0 Å². The molecule has 1 saturated heterocycles. The van der Waals surface area contributed by atoms with Crippen molar-refractivity contribution in [3.05, 3.63) is 63.2 Å². The van der Waals surface area contributed by atoms with Crippen molar-refractivity contribution in [3.8, 4) is 0 Å². The molecule has 4 amide bonds. The van der Waals surface area contributed by atoms with Gasteiger partial charge in [-0.25, -0.2) is 9.69 Å². The molecule has 0 spiro atoms. The van der Waals surface area contributed by atoms with Crippen molar-refractivity contribution in [1.82, 2.24) is 5.32 Å². The number of amides is 4. The zero-order chi connectivity index (χ0) is 24.2. The molecule has 0 aromatic heterocycles. The smallest absolute Gasteiger partial charge is 0.335 e.